The number of carbonyl (C=O) groups is 1. The van der Waals surface area contributed by atoms with Crippen molar-refractivity contribution in [1.82, 2.24) is 0 Å². The van der Waals surface area contributed by atoms with Crippen molar-refractivity contribution in [3.05, 3.63) is 0 Å². The van der Waals surface area contributed by atoms with Crippen LogP contribution in [0.4, 0.5) is 0 Å². The molecule has 0 aliphatic carbocycles. The topological polar surface area (TPSA) is 52.3 Å². The zero-order valence-corrected chi connectivity index (χ0v) is 10.7. The molecule has 0 aromatic heterocycles. The molecule has 13 heavy (non-hydrogen) atoms. The van der Waals surface area contributed by atoms with Gasteiger partial charge in [0.2, 0.25) is 5.91 Å². The Labute approximate surface area is 82.4 Å². The summed E-state index contributed by atoms with van der Waals surface area (Å²) in [5, 5.41) is -0.239. The van der Waals surface area contributed by atoms with E-state index >= 15 is 0 Å². The van der Waals surface area contributed by atoms with Gasteiger partial charge in [-0.15, -0.1) is 0 Å². The number of amides is 1. The summed E-state index contributed by atoms with van der Waals surface area (Å²) in [5.41, 5.74) is 4.88. The van der Waals surface area contributed by atoms with Crippen LogP contribution in [0.15, 0.2) is 0 Å². The smallest absolute Gasteiger partial charge is 0.225 e. The molecule has 1 heterocycles. The third-order valence-electron chi connectivity index (χ3n) is 3.41. The minimum Gasteiger partial charge on any atom is -0.378 e. The minimum absolute atomic E-state index is 0.239. The fourth-order valence-electron chi connectivity index (χ4n) is 1.69. The Hall–Kier alpha value is -0.353. The van der Waals surface area contributed by atoms with E-state index in [0.717, 1.165) is 36.1 Å². The molecule has 0 aromatic rings. The zero-order valence-electron chi connectivity index (χ0n) is 8.72. The number of ether oxygens (including phenoxy) is 1. The average Bonchev–Trinajstić information content (AvgIpc) is 2.05. The Morgan fingerprint density at radius 3 is 2.54 bits per heavy atom. The predicted octanol–water partition coefficient (Wildman–Crippen LogP) is -0.240. The van der Waals surface area contributed by atoms with Crippen LogP contribution in [0, 0.1) is 5.41 Å². The summed E-state index contributed by atoms with van der Waals surface area (Å²) < 4.78 is 5.75. The molecule has 2 N–H and O–H groups in total. The lowest BCUT2D eigenvalue weighted by Crippen LogP contribution is -2.55. The van der Waals surface area contributed by atoms with Gasteiger partial charge in [-0.3, -0.25) is 4.79 Å². The molecule has 0 spiro atoms. The highest BCUT2D eigenvalue weighted by molar-refractivity contribution is 6.17. The van der Waals surface area contributed by atoms with E-state index in [4.69, 9.17) is 10.5 Å². The van der Waals surface area contributed by atoms with Crippen molar-refractivity contribution in [3.8, 4) is 0 Å². The molecule has 1 fully saturated rings. The van der Waals surface area contributed by atoms with Crippen LogP contribution >= 0.6 is 0 Å². The Kier molecular flexibility index (Phi) is 2.82. The maximum atomic E-state index is 11.3. The first-order valence-electron chi connectivity index (χ1n) is 4.84. The highest BCUT2D eigenvalue weighted by Gasteiger charge is 2.46. The fourth-order valence-corrected chi connectivity index (χ4v) is 2.49. The van der Waals surface area contributed by atoms with E-state index in [2.05, 4.69) is 0 Å². The van der Waals surface area contributed by atoms with Crippen LogP contribution in [0.25, 0.3) is 0 Å². The Balaban J connectivity index is 2.82. The van der Waals surface area contributed by atoms with Gasteiger partial charge in [0, 0.05) is 16.8 Å². The van der Waals surface area contributed by atoms with Crippen molar-refractivity contribution in [3.63, 3.8) is 0 Å². The largest absolute Gasteiger partial charge is 0.378 e. The van der Waals surface area contributed by atoms with E-state index in [9.17, 15) is 4.79 Å². The lowest BCUT2D eigenvalue weighted by molar-refractivity contribution is -0.144. The van der Waals surface area contributed by atoms with E-state index < -0.39 is 5.41 Å². The highest BCUT2D eigenvalue weighted by Crippen LogP contribution is 2.38. The summed E-state index contributed by atoms with van der Waals surface area (Å²) in [6, 6.07) is 0. The molecule has 1 atom stereocenters. The first-order chi connectivity index (χ1) is 5.90. The van der Waals surface area contributed by atoms with Gasteiger partial charge in [-0.2, -0.15) is 0 Å². The summed E-state index contributed by atoms with van der Waals surface area (Å²) in [5.74, 6) is -0.246. The number of primary amides is 1. The predicted molar refractivity (Wildman–Crippen MR) is 55.4 cm³/mol. The molecule has 1 rings (SSSR count). The number of hydrogen-bond donors (Lipinski definition) is 1. The highest BCUT2D eigenvalue weighted by atomic mass is 28.1. The third-order valence-corrected chi connectivity index (χ3v) is 5.45. The first kappa shape index (κ1) is 10.7. The number of rotatable bonds is 2. The SMILES string of the molecule is CC(C)(C(N)=O)C1([SiH3])CCCCO1. The maximum Gasteiger partial charge on any atom is 0.225 e. The van der Waals surface area contributed by atoms with Gasteiger partial charge in [-0.05, 0) is 33.1 Å². The van der Waals surface area contributed by atoms with Crippen LogP contribution in [0.3, 0.4) is 0 Å². The molecule has 1 aliphatic rings. The fraction of sp³-hybridized carbons (Fsp3) is 0.889. The van der Waals surface area contributed by atoms with Gasteiger partial charge in [0.1, 0.15) is 0 Å². The molecule has 1 aliphatic heterocycles. The second-order valence-corrected chi connectivity index (χ2v) is 6.14. The lowest BCUT2D eigenvalue weighted by atomic mass is 9.81. The Morgan fingerprint density at radius 1 is 1.54 bits per heavy atom. The van der Waals surface area contributed by atoms with Gasteiger partial charge >= 0.3 is 0 Å². The summed E-state index contributed by atoms with van der Waals surface area (Å²) in [6.07, 6.45) is 3.24. The normalized spacial score (nSPS) is 30.3. The summed E-state index contributed by atoms with van der Waals surface area (Å²) in [4.78, 5) is 11.3. The summed E-state index contributed by atoms with van der Waals surface area (Å²) in [6.45, 7) is 4.57. The molecular weight excluding hydrogens is 182 g/mol. The zero-order chi connectivity index (χ0) is 10.1. The van der Waals surface area contributed by atoms with Crippen LogP contribution in [0.2, 0.25) is 0 Å². The second kappa shape index (κ2) is 3.42. The van der Waals surface area contributed by atoms with E-state index in [-0.39, 0.29) is 11.1 Å². The van der Waals surface area contributed by atoms with Crippen molar-refractivity contribution < 1.29 is 9.53 Å². The average molecular weight is 201 g/mol. The molecular formula is C9H19NO2Si. The van der Waals surface area contributed by atoms with Crippen LogP contribution in [0.1, 0.15) is 33.1 Å². The van der Waals surface area contributed by atoms with E-state index in [1.54, 1.807) is 0 Å². The van der Waals surface area contributed by atoms with Crippen LogP contribution in [0.5, 0.6) is 0 Å². The van der Waals surface area contributed by atoms with Gasteiger partial charge in [0.05, 0.1) is 10.6 Å². The molecule has 1 saturated heterocycles. The second-order valence-electron chi connectivity index (χ2n) is 4.53. The molecule has 1 unspecified atom stereocenters. The molecule has 0 bridgehead atoms. The third kappa shape index (κ3) is 1.78. The standard InChI is InChI=1S/C9H19NO2Si/c1-8(2,7(10)11)9(13)5-3-4-6-12-9/h3-6H2,1-2,13H3,(H2,10,11). The van der Waals surface area contributed by atoms with Crippen molar-refractivity contribution in [1.29, 1.82) is 0 Å². The monoisotopic (exact) mass is 201 g/mol. The van der Waals surface area contributed by atoms with E-state index in [0.29, 0.717) is 0 Å². The minimum atomic E-state index is -0.514. The number of nitrogens with two attached hydrogens (primary N) is 1. The molecule has 0 aromatic carbocycles. The lowest BCUT2D eigenvalue weighted by Gasteiger charge is -2.44. The Morgan fingerprint density at radius 2 is 2.15 bits per heavy atom. The van der Waals surface area contributed by atoms with Gasteiger partial charge in [-0.25, -0.2) is 0 Å². The Bertz CT molecular complexity index is 210. The first-order valence-corrected chi connectivity index (χ1v) is 5.84. The number of hydrogen-bond acceptors (Lipinski definition) is 2. The van der Waals surface area contributed by atoms with Crippen molar-refractivity contribution >= 4 is 16.1 Å². The van der Waals surface area contributed by atoms with E-state index in [1.807, 2.05) is 13.8 Å². The number of carbonyl (C=O) groups excluding carboxylic acids is 1. The molecule has 0 saturated carbocycles. The van der Waals surface area contributed by atoms with Gasteiger partial charge in [-0.1, -0.05) is 0 Å². The maximum absolute atomic E-state index is 11.3. The van der Waals surface area contributed by atoms with Crippen molar-refractivity contribution in [2.24, 2.45) is 11.1 Å². The molecule has 76 valence electrons. The quantitative estimate of drug-likeness (QED) is 0.627. The van der Waals surface area contributed by atoms with Crippen molar-refractivity contribution in [2.75, 3.05) is 6.61 Å². The van der Waals surface area contributed by atoms with Gasteiger partial charge in [0.25, 0.3) is 0 Å². The van der Waals surface area contributed by atoms with Gasteiger partial charge in [0.15, 0.2) is 0 Å². The summed E-state index contributed by atoms with van der Waals surface area (Å²) >= 11 is 0. The van der Waals surface area contributed by atoms with Crippen LogP contribution < -0.4 is 5.73 Å². The molecule has 4 heteroatoms. The van der Waals surface area contributed by atoms with Crippen LogP contribution in [-0.4, -0.2) is 28.0 Å². The van der Waals surface area contributed by atoms with Gasteiger partial charge < -0.3 is 10.5 Å². The summed E-state index contributed by atoms with van der Waals surface area (Å²) in [7, 11) is 0.863. The molecule has 0 radical (unpaired) electrons. The van der Waals surface area contributed by atoms with Crippen molar-refractivity contribution in [2.45, 2.75) is 38.3 Å². The molecule has 3 nitrogen and oxygen atoms in total. The van der Waals surface area contributed by atoms with E-state index in [1.165, 1.54) is 0 Å². The van der Waals surface area contributed by atoms with Crippen LogP contribution in [-0.2, 0) is 9.53 Å². The molecule has 1 amide bonds.